The first-order valence-electron chi connectivity index (χ1n) is 7.62. The third-order valence-corrected chi connectivity index (χ3v) is 5.37. The highest BCUT2D eigenvalue weighted by Gasteiger charge is 2.14. The first kappa shape index (κ1) is 13.6. The van der Waals surface area contributed by atoms with Crippen molar-refractivity contribution in [2.24, 2.45) is 0 Å². The molecule has 2 aromatic heterocycles. The van der Waals surface area contributed by atoms with Crippen molar-refractivity contribution in [3.05, 3.63) is 72.8 Å². The molecule has 0 bridgehead atoms. The van der Waals surface area contributed by atoms with Gasteiger partial charge in [0.2, 0.25) is 0 Å². The van der Waals surface area contributed by atoms with E-state index >= 15 is 0 Å². The number of aromatic nitrogens is 2. The highest BCUT2D eigenvalue weighted by atomic mass is 32.1. The second-order valence-electron chi connectivity index (χ2n) is 5.68. The first-order valence-corrected chi connectivity index (χ1v) is 8.44. The van der Waals surface area contributed by atoms with Gasteiger partial charge in [-0.25, -0.2) is 14.4 Å². The molecule has 5 aromatic rings. The topological polar surface area (TPSA) is 25.8 Å². The van der Waals surface area contributed by atoms with E-state index in [1.54, 1.807) is 17.4 Å². The Morgan fingerprint density at radius 3 is 2.46 bits per heavy atom. The molecule has 0 aliphatic heterocycles. The monoisotopic (exact) mass is 330 g/mol. The molecule has 4 heteroatoms. The van der Waals surface area contributed by atoms with E-state index in [0.717, 1.165) is 21.3 Å². The number of halogens is 1. The van der Waals surface area contributed by atoms with Gasteiger partial charge in [0.05, 0.1) is 10.6 Å². The summed E-state index contributed by atoms with van der Waals surface area (Å²) in [5.41, 5.74) is 1.15. The van der Waals surface area contributed by atoms with Crippen LogP contribution in [0.25, 0.3) is 42.3 Å². The summed E-state index contributed by atoms with van der Waals surface area (Å²) in [5, 5.41) is 3.37. The molecule has 114 valence electrons. The number of thiophene rings is 1. The molecular formula is C20H11FN2S. The van der Waals surface area contributed by atoms with Gasteiger partial charge in [-0.05, 0) is 29.0 Å². The lowest BCUT2D eigenvalue weighted by atomic mass is 10.0. The van der Waals surface area contributed by atoms with Gasteiger partial charge in [-0.3, -0.25) is 0 Å². The summed E-state index contributed by atoms with van der Waals surface area (Å²) in [6.07, 6.45) is 1.44. The molecule has 0 saturated heterocycles. The molecule has 2 heterocycles. The molecule has 24 heavy (non-hydrogen) atoms. The molecule has 0 fully saturated rings. The van der Waals surface area contributed by atoms with Gasteiger partial charge in [-0.15, -0.1) is 11.3 Å². The Labute approximate surface area is 141 Å². The molecule has 0 atom stereocenters. The second kappa shape index (κ2) is 5.08. The largest absolute Gasteiger partial charge is 0.235 e. The van der Waals surface area contributed by atoms with Gasteiger partial charge in [0.15, 0.2) is 5.82 Å². The van der Waals surface area contributed by atoms with Crippen LogP contribution in [0.3, 0.4) is 0 Å². The smallest absolute Gasteiger partial charge is 0.157 e. The summed E-state index contributed by atoms with van der Waals surface area (Å²) < 4.78 is 16.1. The summed E-state index contributed by atoms with van der Waals surface area (Å²) in [5.74, 6) is -0.284. The van der Waals surface area contributed by atoms with Gasteiger partial charge in [-0.1, -0.05) is 42.5 Å². The Bertz CT molecular complexity index is 1190. The fourth-order valence-electron chi connectivity index (χ4n) is 3.11. The van der Waals surface area contributed by atoms with Crippen molar-refractivity contribution in [1.82, 2.24) is 9.97 Å². The van der Waals surface area contributed by atoms with Crippen LogP contribution >= 0.6 is 11.3 Å². The van der Waals surface area contributed by atoms with E-state index in [9.17, 15) is 4.39 Å². The van der Waals surface area contributed by atoms with Crippen molar-refractivity contribution in [1.29, 1.82) is 0 Å². The van der Waals surface area contributed by atoms with Crippen LogP contribution < -0.4 is 0 Å². The Balaban J connectivity index is 1.88. The van der Waals surface area contributed by atoms with Gasteiger partial charge >= 0.3 is 0 Å². The zero-order chi connectivity index (χ0) is 16.1. The Morgan fingerprint density at radius 1 is 0.792 bits per heavy atom. The Morgan fingerprint density at radius 2 is 1.58 bits per heavy atom. The number of hydrogen-bond donors (Lipinski definition) is 0. The van der Waals surface area contributed by atoms with Crippen LogP contribution in [0.1, 0.15) is 0 Å². The fraction of sp³-hybridized carbons (Fsp3) is 0. The minimum atomic E-state index is -0.284. The summed E-state index contributed by atoms with van der Waals surface area (Å²) in [6.45, 7) is 0. The zero-order valence-corrected chi connectivity index (χ0v) is 13.3. The number of benzene rings is 3. The summed E-state index contributed by atoms with van der Waals surface area (Å²) in [6, 6.07) is 19.7. The number of hydrogen-bond acceptors (Lipinski definition) is 3. The Hall–Kier alpha value is -2.85. The molecule has 0 radical (unpaired) electrons. The van der Waals surface area contributed by atoms with Crippen LogP contribution in [0, 0.1) is 5.82 Å². The van der Waals surface area contributed by atoms with Crippen molar-refractivity contribution < 1.29 is 4.39 Å². The molecule has 0 aliphatic carbocycles. The molecule has 0 saturated carbocycles. The van der Waals surface area contributed by atoms with Crippen LogP contribution in [0.4, 0.5) is 4.39 Å². The van der Waals surface area contributed by atoms with Gasteiger partial charge in [-0.2, -0.15) is 0 Å². The minimum absolute atomic E-state index is 0.284. The van der Waals surface area contributed by atoms with E-state index in [1.165, 1.54) is 16.4 Å². The van der Waals surface area contributed by atoms with Crippen LogP contribution in [0.2, 0.25) is 0 Å². The summed E-state index contributed by atoms with van der Waals surface area (Å²) >= 11 is 1.66. The number of rotatable bonds is 1. The molecule has 0 amide bonds. The van der Waals surface area contributed by atoms with Crippen LogP contribution in [0.5, 0.6) is 0 Å². The van der Waals surface area contributed by atoms with Gasteiger partial charge < -0.3 is 0 Å². The maximum atomic E-state index is 14.9. The lowest BCUT2D eigenvalue weighted by Gasteiger charge is -2.07. The second-order valence-corrected chi connectivity index (χ2v) is 6.76. The fourth-order valence-corrected chi connectivity index (χ4v) is 4.18. The zero-order valence-electron chi connectivity index (χ0n) is 12.5. The first-order chi connectivity index (χ1) is 11.8. The third kappa shape index (κ3) is 1.93. The SMILES string of the molecule is Fc1c2ccccc2cc2c(-c3cc4ccccc4s3)ncnc12. The normalized spacial score (nSPS) is 11.5. The molecule has 0 spiro atoms. The molecule has 0 unspecified atom stereocenters. The molecule has 3 aromatic carbocycles. The van der Waals surface area contributed by atoms with E-state index in [4.69, 9.17) is 0 Å². The highest BCUT2D eigenvalue weighted by Crippen LogP contribution is 2.37. The molecule has 0 N–H and O–H groups in total. The number of fused-ring (bicyclic) bond motifs is 3. The predicted molar refractivity (Wildman–Crippen MR) is 97.8 cm³/mol. The van der Waals surface area contributed by atoms with E-state index in [0.29, 0.717) is 10.9 Å². The summed E-state index contributed by atoms with van der Waals surface area (Å²) in [4.78, 5) is 9.67. The minimum Gasteiger partial charge on any atom is -0.235 e. The molecular weight excluding hydrogens is 319 g/mol. The quantitative estimate of drug-likeness (QED) is 0.363. The van der Waals surface area contributed by atoms with Crippen molar-refractivity contribution in [3.63, 3.8) is 0 Å². The van der Waals surface area contributed by atoms with Crippen LogP contribution in [0.15, 0.2) is 67.0 Å². The van der Waals surface area contributed by atoms with Gasteiger partial charge in [0, 0.05) is 15.5 Å². The van der Waals surface area contributed by atoms with E-state index < -0.39 is 0 Å². The average molecular weight is 330 g/mol. The van der Waals surface area contributed by atoms with Crippen molar-refractivity contribution >= 4 is 43.1 Å². The van der Waals surface area contributed by atoms with Gasteiger partial charge in [0.25, 0.3) is 0 Å². The van der Waals surface area contributed by atoms with E-state index in [-0.39, 0.29) is 5.82 Å². The summed E-state index contributed by atoms with van der Waals surface area (Å²) in [7, 11) is 0. The van der Waals surface area contributed by atoms with E-state index in [1.807, 2.05) is 36.4 Å². The van der Waals surface area contributed by atoms with Crippen molar-refractivity contribution in [2.45, 2.75) is 0 Å². The van der Waals surface area contributed by atoms with Crippen LogP contribution in [-0.4, -0.2) is 9.97 Å². The van der Waals surface area contributed by atoms with E-state index in [2.05, 4.69) is 28.2 Å². The lowest BCUT2D eigenvalue weighted by Crippen LogP contribution is -1.92. The molecule has 0 aliphatic rings. The predicted octanol–water partition coefficient (Wildman–Crippen LogP) is 5.80. The molecule has 2 nitrogen and oxygen atoms in total. The Kier molecular flexibility index (Phi) is 2.87. The van der Waals surface area contributed by atoms with Gasteiger partial charge in [0.1, 0.15) is 11.8 Å². The maximum absolute atomic E-state index is 14.9. The lowest BCUT2D eigenvalue weighted by molar-refractivity contribution is 0.648. The van der Waals surface area contributed by atoms with Crippen LogP contribution in [-0.2, 0) is 0 Å². The average Bonchev–Trinajstić information content (AvgIpc) is 3.05. The number of nitrogens with zero attached hydrogens (tertiary/aromatic N) is 2. The standard InChI is InChI=1S/C20H11FN2S/c21-18-14-7-3-1-5-12(14)9-15-19(22-11-23-20(15)18)17-10-13-6-2-4-8-16(13)24-17/h1-11H. The van der Waals surface area contributed by atoms with Crippen molar-refractivity contribution in [3.8, 4) is 10.6 Å². The highest BCUT2D eigenvalue weighted by molar-refractivity contribution is 7.22. The molecule has 5 rings (SSSR count). The van der Waals surface area contributed by atoms with Crippen molar-refractivity contribution in [2.75, 3.05) is 0 Å². The third-order valence-electron chi connectivity index (χ3n) is 4.25. The maximum Gasteiger partial charge on any atom is 0.157 e.